The van der Waals surface area contributed by atoms with Crippen molar-refractivity contribution < 1.29 is 5.11 Å². The monoisotopic (exact) mass is 628 g/mol. The van der Waals surface area contributed by atoms with Gasteiger partial charge in [0.1, 0.15) is 11.3 Å². The van der Waals surface area contributed by atoms with Gasteiger partial charge in [0, 0.05) is 34.8 Å². The smallest absolute Gasteiger partial charge is 0.165 e. The molecule has 0 amide bonds. The van der Waals surface area contributed by atoms with Crippen LogP contribution in [0.25, 0.3) is 61.8 Å². The Hall–Kier alpha value is -5.55. The highest BCUT2D eigenvalue weighted by Crippen LogP contribution is 2.44. The molecule has 0 saturated heterocycles. The second-order valence-electron chi connectivity index (χ2n) is 14.4. The molecule has 4 aromatic carbocycles. The SMILES string of the molecule is CC(C)(C)c1cc(-c2nc3c(-c4cc(-c5ccccc5)cc(-c5ccccn5)c4)ccnc3n2-c2ccccc2)c(O)c(C(C)(C)C)c1. The van der Waals surface area contributed by atoms with Gasteiger partial charge in [-0.1, -0.05) is 102 Å². The second-order valence-corrected chi connectivity index (χ2v) is 14.4. The second kappa shape index (κ2) is 11.9. The number of hydrogen-bond donors (Lipinski definition) is 1. The van der Waals surface area contributed by atoms with Crippen LogP contribution in [0.3, 0.4) is 0 Å². The maximum atomic E-state index is 12.0. The normalized spacial score (nSPS) is 12.0. The van der Waals surface area contributed by atoms with Crippen LogP contribution in [-0.4, -0.2) is 24.6 Å². The molecule has 0 bridgehead atoms. The fraction of sp³-hybridized carbons (Fsp3) is 0.186. The maximum Gasteiger partial charge on any atom is 0.165 e. The van der Waals surface area contributed by atoms with Crippen molar-refractivity contribution in [2.24, 2.45) is 0 Å². The zero-order valence-electron chi connectivity index (χ0n) is 28.4. The minimum absolute atomic E-state index is 0.144. The number of aromatic hydroxyl groups is 1. The van der Waals surface area contributed by atoms with Gasteiger partial charge < -0.3 is 5.11 Å². The summed E-state index contributed by atoms with van der Waals surface area (Å²) < 4.78 is 2.08. The van der Waals surface area contributed by atoms with E-state index < -0.39 is 0 Å². The summed E-state index contributed by atoms with van der Waals surface area (Å²) in [5.41, 5.74) is 10.8. The molecular formula is C43H40N4O. The molecule has 3 aromatic heterocycles. The van der Waals surface area contributed by atoms with Crippen molar-refractivity contribution in [3.63, 3.8) is 0 Å². The largest absolute Gasteiger partial charge is 0.507 e. The number of phenolic OH excluding ortho intramolecular Hbond substituents is 1. The molecule has 0 unspecified atom stereocenters. The molecule has 0 radical (unpaired) electrons. The lowest BCUT2D eigenvalue weighted by Crippen LogP contribution is -2.17. The van der Waals surface area contributed by atoms with Gasteiger partial charge in [0.25, 0.3) is 0 Å². The summed E-state index contributed by atoms with van der Waals surface area (Å²) in [6, 6.07) is 39.4. The fourth-order valence-corrected chi connectivity index (χ4v) is 6.28. The van der Waals surface area contributed by atoms with E-state index in [1.807, 2.05) is 60.9 Å². The number of rotatable bonds is 5. The number of fused-ring (bicyclic) bond motifs is 1. The van der Waals surface area contributed by atoms with Crippen molar-refractivity contribution in [3.8, 4) is 56.3 Å². The lowest BCUT2D eigenvalue weighted by atomic mass is 9.79. The van der Waals surface area contributed by atoms with Crippen molar-refractivity contribution in [2.75, 3.05) is 0 Å². The fourth-order valence-electron chi connectivity index (χ4n) is 6.28. The number of nitrogens with zero attached hydrogens (tertiary/aromatic N) is 4. The molecule has 0 aliphatic carbocycles. The Labute approximate surface area is 282 Å². The number of aromatic nitrogens is 4. The molecule has 238 valence electrons. The molecular weight excluding hydrogens is 589 g/mol. The van der Waals surface area contributed by atoms with Gasteiger partial charge in [0.2, 0.25) is 0 Å². The maximum absolute atomic E-state index is 12.0. The summed E-state index contributed by atoms with van der Waals surface area (Å²) in [4.78, 5) is 15.0. The average Bonchev–Trinajstić information content (AvgIpc) is 3.48. The number of hydrogen-bond acceptors (Lipinski definition) is 4. The summed E-state index contributed by atoms with van der Waals surface area (Å²) in [6.07, 6.45) is 3.68. The predicted octanol–water partition coefficient (Wildman–Crippen LogP) is 10.8. The van der Waals surface area contributed by atoms with Gasteiger partial charge in [-0.25, -0.2) is 9.97 Å². The minimum atomic E-state index is -0.285. The first-order valence-corrected chi connectivity index (χ1v) is 16.4. The summed E-state index contributed by atoms with van der Waals surface area (Å²) in [5, 5.41) is 12.0. The Morgan fingerprint density at radius 1 is 0.562 bits per heavy atom. The van der Waals surface area contributed by atoms with E-state index >= 15 is 0 Å². The molecule has 0 atom stereocenters. The minimum Gasteiger partial charge on any atom is -0.507 e. The van der Waals surface area contributed by atoms with Crippen LogP contribution in [0, 0.1) is 0 Å². The van der Waals surface area contributed by atoms with Crippen LogP contribution in [0.5, 0.6) is 5.75 Å². The average molecular weight is 629 g/mol. The molecule has 0 saturated carbocycles. The van der Waals surface area contributed by atoms with Gasteiger partial charge >= 0.3 is 0 Å². The molecule has 7 rings (SSSR count). The van der Waals surface area contributed by atoms with E-state index in [1.165, 1.54) is 0 Å². The molecule has 3 heterocycles. The van der Waals surface area contributed by atoms with Crippen LogP contribution >= 0.6 is 0 Å². The standard InChI is InChI=1S/C43H40N4O/c1-42(2,3)32-26-35(39(48)36(27-32)43(4,5)6)40-46-38-34(20-22-45-41(38)47(40)33-17-11-8-12-18-33)30-23-29(28-15-9-7-10-16-28)24-31(25-30)37-19-13-14-21-44-37/h7-27,48H,1-6H3. The van der Waals surface area contributed by atoms with Crippen LogP contribution in [0.1, 0.15) is 52.7 Å². The van der Waals surface area contributed by atoms with E-state index in [-0.39, 0.29) is 16.6 Å². The first-order valence-electron chi connectivity index (χ1n) is 16.4. The van der Waals surface area contributed by atoms with Crippen molar-refractivity contribution in [1.29, 1.82) is 0 Å². The molecule has 1 N–H and O–H groups in total. The first kappa shape index (κ1) is 31.1. The van der Waals surface area contributed by atoms with E-state index in [9.17, 15) is 5.11 Å². The van der Waals surface area contributed by atoms with Crippen molar-refractivity contribution in [1.82, 2.24) is 19.5 Å². The van der Waals surface area contributed by atoms with Gasteiger partial charge in [-0.05, 0) is 87.7 Å². The van der Waals surface area contributed by atoms with E-state index in [0.29, 0.717) is 11.4 Å². The van der Waals surface area contributed by atoms with E-state index in [4.69, 9.17) is 9.97 Å². The first-order chi connectivity index (χ1) is 23.0. The highest BCUT2D eigenvalue weighted by molar-refractivity contribution is 5.95. The number of benzene rings is 4. The Balaban J connectivity index is 1.55. The summed E-state index contributed by atoms with van der Waals surface area (Å²) >= 11 is 0. The molecule has 48 heavy (non-hydrogen) atoms. The van der Waals surface area contributed by atoms with Crippen LogP contribution in [0.15, 0.2) is 128 Å². The van der Waals surface area contributed by atoms with Crippen LogP contribution in [-0.2, 0) is 10.8 Å². The van der Waals surface area contributed by atoms with Crippen molar-refractivity contribution in [2.45, 2.75) is 52.4 Å². The summed E-state index contributed by atoms with van der Waals surface area (Å²) in [6.45, 7) is 13.0. The Morgan fingerprint density at radius 3 is 1.90 bits per heavy atom. The van der Waals surface area contributed by atoms with Gasteiger partial charge in [-0.2, -0.15) is 0 Å². The van der Waals surface area contributed by atoms with Gasteiger partial charge in [0.15, 0.2) is 11.5 Å². The zero-order chi connectivity index (χ0) is 33.6. The molecule has 5 nitrogen and oxygen atoms in total. The Kier molecular flexibility index (Phi) is 7.71. The van der Waals surface area contributed by atoms with E-state index in [0.717, 1.165) is 61.5 Å². The van der Waals surface area contributed by atoms with Crippen LogP contribution in [0.4, 0.5) is 0 Å². The number of imidazole rings is 1. The quantitative estimate of drug-likeness (QED) is 0.206. The number of para-hydroxylation sites is 1. The predicted molar refractivity (Wildman–Crippen MR) is 197 cm³/mol. The third-order valence-corrected chi connectivity index (χ3v) is 8.90. The molecule has 0 spiro atoms. The van der Waals surface area contributed by atoms with Crippen LogP contribution in [0.2, 0.25) is 0 Å². The topological polar surface area (TPSA) is 63.8 Å². The third kappa shape index (κ3) is 5.77. The molecule has 7 aromatic rings. The molecule has 0 aliphatic heterocycles. The third-order valence-electron chi connectivity index (χ3n) is 8.90. The lowest BCUT2D eigenvalue weighted by molar-refractivity contribution is 0.446. The van der Waals surface area contributed by atoms with Crippen molar-refractivity contribution in [3.05, 3.63) is 139 Å². The molecule has 0 aliphatic rings. The molecule has 5 heteroatoms. The van der Waals surface area contributed by atoms with Gasteiger partial charge in [-0.15, -0.1) is 0 Å². The zero-order valence-corrected chi connectivity index (χ0v) is 28.4. The molecule has 0 fully saturated rings. The Bertz CT molecular complexity index is 2180. The Morgan fingerprint density at radius 2 is 1.23 bits per heavy atom. The highest BCUT2D eigenvalue weighted by atomic mass is 16.3. The van der Waals surface area contributed by atoms with Gasteiger partial charge in [-0.3, -0.25) is 9.55 Å². The highest BCUT2D eigenvalue weighted by Gasteiger charge is 2.29. The summed E-state index contributed by atoms with van der Waals surface area (Å²) in [5.74, 6) is 0.891. The number of pyridine rings is 2. The van der Waals surface area contributed by atoms with Crippen LogP contribution < -0.4 is 0 Å². The van der Waals surface area contributed by atoms with Gasteiger partial charge in [0.05, 0.1) is 11.3 Å². The number of phenols is 1. The van der Waals surface area contributed by atoms with E-state index in [1.54, 1.807) is 0 Å². The van der Waals surface area contributed by atoms with Crippen molar-refractivity contribution >= 4 is 11.2 Å². The summed E-state index contributed by atoms with van der Waals surface area (Å²) in [7, 11) is 0. The lowest BCUT2D eigenvalue weighted by Gasteiger charge is -2.27. The van der Waals surface area contributed by atoms with E-state index in [2.05, 4.69) is 118 Å².